The van der Waals surface area contributed by atoms with Crippen molar-refractivity contribution >= 4 is 29.4 Å². The molecule has 2 aromatic carbocycles. The van der Waals surface area contributed by atoms with Crippen LogP contribution in [0.25, 0.3) is 5.69 Å². The van der Waals surface area contributed by atoms with E-state index in [9.17, 15) is 9.59 Å². The minimum absolute atomic E-state index is 0.111. The largest absolute Gasteiger partial charge is 0.497 e. The molecule has 0 fully saturated rings. The number of thioether (sulfide) groups is 1. The molecule has 1 aliphatic rings. The molecule has 0 unspecified atom stereocenters. The van der Waals surface area contributed by atoms with Crippen LogP contribution in [0.4, 0.5) is 5.82 Å². The molecule has 0 saturated heterocycles. The second kappa shape index (κ2) is 12.2. The predicted molar refractivity (Wildman–Crippen MR) is 158 cm³/mol. The third-order valence-corrected chi connectivity index (χ3v) is 7.95. The standard InChI is InChI=1S/C30H38N4O5S/c1-8-15-31-24(35)17-33-25(36)18-40-27(22-16-21(38-6)13-14-23(22)39-7)26-28(30(2,3)4)32-34(29(26)33)19-9-11-20(37-5)12-10-19/h9-14,16,27H,8,15,17-18H2,1-7H3,(H,31,35)/t27-/m1/s1. The number of aromatic nitrogens is 2. The lowest BCUT2D eigenvalue weighted by atomic mass is 9.87. The van der Waals surface area contributed by atoms with Gasteiger partial charge in [-0.2, -0.15) is 5.10 Å². The first-order valence-corrected chi connectivity index (χ1v) is 14.4. The highest BCUT2D eigenvalue weighted by atomic mass is 32.2. The highest BCUT2D eigenvalue weighted by molar-refractivity contribution is 8.00. The Hall–Kier alpha value is -3.66. The van der Waals surface area contributed by atoms with Gasteiger partial charge in [-0.3, -0.25) is 14.5 Å². The first-order valence-electron chi connectivity index (χ1n) is 13.3. The molecule has 1 atom stereocenters. The molecule has 4 rings (SSSR count). The van der Waals surface area contributed by atoms with Crippen molar-refractivity contribution in [3.05, 3.63) is 59.3 Å². The summed E-state index contributed by atoms with van der Waals surface area (Å²) in [6.45, 7) is 8.72. The Balaban J connectivity index is 2.03. The normalized spacial score (nSPS) is 15.3. The predicted octanol–water partition coefficient (Wildman–Crippen LogP) is 4.89. The zero-order chi connectivity index (χ0) is 29.0. The molecule has 0 spiro atoms. The number of amides is 2. The number of benzene rings is 2. The summed E-state index contributed by atoms with van der Waals surface area (Å²) in [5, 5.41) is 7.73. The summed E-state index contributed by atoms with van der Waals surface area (Å²) in [5.41, 5.74) is 2.94. The van der Waals surface area contributed by atoms with E-state index in [0.717, 1.165) is 28.9 Å². The number of carbonyl (C=O) groups is 2. The monoisotopic (exact) mass is 566 g/mol. The Morgan fingerprint density at radius 1 is 1.05 bits per heavy atom. The van der Waals surface area contributed by atoms with Gasteiger partial charge in [0.05, 0.1) is 43.7 Å². The fraction of sp³-hybridized carbons (Fsp3) is 0.433. The van der Waals surface area contributed by atoms with Crippen molar-refractivity contribution in [2.45, 2.75) is 44.8 Å². The zero-order valence-electron chi connectivity index (χ0n) is 24.2. The van der Waals surface area contributed by atoms with Crippen molar-refractivity contribution in [2.24, 2.45) is 0 Å². The molecule has 0 bridgehead atoms. The van der Waals surface area contributed by atoms with Crippen molar-refractivity contribution in [2.75, 3.05) is 45.1 Å². The smallest absolute Gasteiger partial charge is 0.240 e. The van der Waals surface area contributed by atoms with Gasteiger partial charge in [-0.25, -0.2) is 4.68 Å². The van der Waals surface area contributed by atoms with Gasteiger partial charge in [-0.1, -0.05) is 27.7 Å². The van der Waals surface area contributed by atoms with Crippen LogP contribution in [0.3, 0.4) is 0 Å². The van der Waals surface area contributed by atoms with Crippen molar-refractivity contribution in [1.82, 2.24) is 15.1 Å². The maximum Gasteiger partial charge on any atom is 0.240 e. The van der Waals surface area contributed by atoms with E-state index in [1.165, 1.54) is 11.8 Å². The SMILES string of the molecule is CCCNC(=O)CN1C(=O)CS[C@H](c2cc(OC)ccc2OC)c2c(C(C)(C)C)nn(-c3ccc(OC)cc3)c21. The number of nitrogens with zero attached hydrogens (tertiary/aromatic N) is 3. The Morgan fingerprint density at radius 3 is 2.33 bits per heavy atom. The summed E-state index contributed by atoms with van der Waals surface area (Å²) in [5.74, 6) is 2.44. The molecular formula is C30H38N4O5S. The number of nitrogens with one attached hydrogen (secondary N) is 1. The molecule has 2 amide bonds. The lowest BCUT2D eigenvalue weighted by Crippen LogP contribution is -2.42. The van der Waals surface area contributed by atoms with E-state index >= 15 is 0 Å². The number of rotatable bonds is 9. The lowest BCUT2D eigenvalue weighted by Gasteiger charge is -2.25. The number of hydrogen-bond donors (Lipinski definition) is 1. The van der Waals surface area contributed by atoms with Gasteiger partial charge in [0.1, 0.15) is 29.6 Å². The maximum atomic E-state index is 13.8. The van der Waals surface area contributed by atoms with Crippen LogP contribution in [0, 0.1) is 0 Å². The average Bonchev–Trinajstić information content (AvgIpc) is 3.29. The molecule has 1 aromatic heterocycles. The van der Waals surface area contributed by atoms with Gasteiger partial charge in [0.25, 0.3) is 0 Å². The fourth-order valence-corrected chi connectivity index (χ4v) is 5.94. The van der Waals surface area contributed by atoms with E-state index in [1.54, 1.807) is 30.9 Å². The van der Waals surface area contributed by atoms with Crippen LogP contribution in [-0.4, -0.2) is 61.8 Å². The quantitative estimate of drug-likeness (QED) is 0.394. The zero-order valence-corrected chi connectivity index (χ0v) is 25.1. The first-order chi connectivity index (χ1) is 19.1. The van der Waals surface area contributed by atoms with Crippen LogP contribution in [0.15, 0.2) is 42.5 Å². The van der Waals surface area contributed by atoms with E-state index in [-0.39, 0.29) is 34.8 Å². The summed E-state index contributed by atoms with van der Waals surface area (Å²) in [7, 11) is 4.87. The minimum atomic E-state index is -0.379. The minimum Gasteiger partial charge on any atom is -0.497 e. The van der Waals surface area contributed by atoms with E-state index in [1.807, 2.05) is 49.4 Å². The van der Waals surface area contributed by atoms with Crippen LogP contribution in [-0.2, 0) is 15.0 Å². The molecule has 10 heteroatoms. The number of fused-ring (bicyclic) bond motifs is 1. The van der Waals surface area contributed by atoms with Gasteiger partial charge in [-0.15, -0.1) is 11.8 Å². The summed E-state index contributed by atoms with van der Waals surface area (Å²) in [6, 6.07) is 13.2. The number of carbonyl (C=O) groups excluding carboxylic acids is 2. The van der Waals surface area contributed by atoms with Crippen molar-refractivity contribution < 1.29 is 23.8 Å². The van der Waals surface area contributed by atoms with Crippen molar-refractivity contribution in [1.29, 1.82) is 0 Å². The van der Waals surface area contributed by atoms with Crippen LogP contribution < -0.4 is 24.4 Å². The number of hydrogen-bond acceptors (Lipinski definition) is 7. The van der Waals surface area contributed by atoms with Crippen molar-refractivity contribution in [3.8, 4) is 22.9 Å². The van der Waals surface area contributed by atoms with Crippen molar-refractivity contribution in [3.63, 3.8) is 0 Å². The van der Waals surface area contributed by atoms with Gasteiger partial charge in [0.2, 0.25) is 11.8 Å². The Morgan fingerprint density at radius 2 is 1.73 bits per heavy atom. The molecule has 0 radical (unpaired) electrons. The van der Waals surface area contributed by atoms with Crippen LogP contribution in [0.2, 0.25) is 0 Å². The van der Waals surface area contributed by atoms with E-state index < -0.39 is 0 Å². The van der Waals surface area contributed by atoms with Crippen LogP contribution in [0.5, 0.6) is 17.2 Å². The average molecular weight is 567 g/mol. The number of ether oxygens (including phenoxy) is 3. The Bertz CT molecular complexity index is 1360. The summed E-state index contributed by atoms with van der Waals surface area (Å²) in [4.78, 5) is 28.4. The van der Waals surface area contributed by atoms with E-state index in [4.69, 9.17) is 19.3 Å². The van der Waals surface area contributed by atoms with Gasteiger partial charge in [0, 0.05) is 23.1 Å². The molecule has 214 valence electrons. The Kier molecular flexibility index (Phi) is 8.98. The summed E-state index contributed by atoms with van der Waals surface area (Å²) >= 11 is 1.50. The van der Waals surface area contributed by atoms with Crippen LogP contribution >= 0.6 is 11.8 Å². The topological polar surface area (TPSA) is 94.9 Å². The first kappa shape index (κ1) is 29.3. The number of anilines is 1. The third kappa shape index (κ3) is 5.91. The second-order valence-corrected chi connectivity index (χ2v) is 11.7. The lowest BCUT2D eigenvalue weighted by molar-refractivity contribution is -0.122. The molecule has 2 heterocycles. The fourth-order valence-electron chi connectivity index (χ4n) is 4.73. The highest BCUT2D eigenvalue weighted by Crippen LogP contribution is 2.51. The van der Waals surface area contributed by atoms with Gasteiger partial charge in [-0.05, 0) is 48.9 Å². The molecular weight excluding hydrogens is 528 g/mol. The summed E-state index contributed by atoms with van der Waals surface area (Å²) < 4.78 is 18.5. The maximum absolute atomic E-state index is 13.8. The van der Waals surface area contributed by atoms with Gasteiger partial charge < -0.3 is 19.5 Å². The second-order valence-electron chi connectivity index (χ2n) is 10.6. The number of methoxy groups -OCH3 is 3. The summed E-state index contributed by atoms with van der Waals surface area (Å²) in [6.07, 6.45) is 0.802. The van der Waals surface area contributed by atoms with Gasteiger partial charge in [0.15, 0.2) is 0 Å². The van der Waals surface area contributed by atoms with Gasteiger partial charge >= 0.3 is 0 Å². The third-order valence-electron chi connectivity index (χ3n) is 6.71. The van der Waals surface area contributed by atoms with E-state index in [2.05, 4.69) is 26.1 Å². The Labute approximate surface area is 240 Å². The van der Waals surface area contributed by atoms with E-state index in [0.29, 0.717) is 29.6 Å². The molecule has 0 saturated carbocycles. The molecule has 9 nitrogen and oxygen atoms in total. The highest BCUT2D eigenvalue weighted by Gasteiger charge is 2.40. The molecule has 1 aliphatic heterocycles. The molecule has 0 aliphatic carbocycles. The molecule has 40 heavy (non-hydrogen) atoms. The molecule has 3 aromatic rings. The van der Waals surface area contributed by atoms with Crippen LogP contribution in [0.1, 0.15) is 56.2 Å². The molecule has 1 N–H and O–H groups in total.